The van der Waals surface area contributed by atoms with Crippen LogP contribution in [0.1, 0.15) is 11.1 Å². The third-order valence-electron chi connectivity index (χ3n) is 4.87. The number of sulfonamides is 1. The van der Waals surface area contributed by atoms with Crippen LogP contribution in [0.15, 0.2) is 72.8 Å². The SMILES string of the molecule is O=[N+]([O-])c1cc(Cl)c(N2C(OO)C(c3ccccc3)=C(c3ccccc3)S2(=O)=O)c(Cl)c1. The summed E-state index contributed by atoms with van der Waals surface area (Å²) in [7, 11) is -4.38. The molecule has 164 valence electrons. The van der Waals surface area contributed by atoms with Crippen LogP contribution in [0.25, 0.3) is 10.5 Å². The molecule has 0 amide bonds. The summed E-state index contributed by atoms with van der Waals surface area (Å²) in [6.07, 6.45) is -1.55. The molecule has 1 heterocycles. The summed E-state index contributed by atoms with van der Waals surface area (Å²) in [5.41, 5.74) is 0.319. The third-order valence-corrected chi connectivity index (χ3v) is 7.31. The van der Waals surface area contributed by atoms with E-state index in [2.05, 4.69) is 4.89 Å². The molecule has 1 aliphatic heterocycles. The van der Waals surface area contributed by atoms with E-state index in [0.29, 0.717) is 11.1 Å². The van der Waals surface area contributed by atoms with Gasteiger partial charge >= 0.3 is 0 Å². The first-order chi connectivity index (χ1) is 15.3. The summed E-state index contributed by atoms with van der Waals surface area (Å²) in [6, 6.07) is 18.8. The van der Waals surface area contributed by atoms with Gasteiger partial charge in [-0.25, -0.2) is 22.9 Å². The Hall–Kier alpha value is -2.95. The zero-order valence-corrected chi connectivity index (χ0v) is 18.4. The predicted octanol–water partition coefficient (Wildman–Crippen LogP) is 5.44. The lowest BCUT2D eigenvalue weighted by molar-refractivity contribution is -0.384. The molecule has 32 heavy (non-hydrogen) atoms. The van der Waals surface area contributed by atoms with Crippen LogP contribution in [0.2, 0.25) is 10.0 Å². The van der Waals surface area contributed by atoms with E-state index in [1.807, 2.05) is 0 Å². The molecule has 8 nitrogen and oxygen atoms in total. The number of hydrogen-bond acceptors (Lipinski definition) is 6. The lowest BCUT2D eigenvalue weighted by Crippen LogP contribution is -2.37. The lowest BCUT2D eigenvalue weighted by atomic mass is 10.0. The minimum Gasteiger partial charge on any atom is -0.258 e. The molecule has 3 aromatic carbocycles. The van der Waals surface area contributed by atoms with Gasteiger partial charge in [-0.15, -0.1) is 0 Å². The highest BCUT2D eigenvalue weighted by atomic mass is 35.5. The van der Waals surface area contributed by atoms with Crippen molar-refractivity contribution in [1.82, 2.24) is 0 Å². The van der Waals surface area contributed by atoms with Gasteiger partial charge in [0.05, 0.1) is 20.7 Å². The summed E-state index contributed by atoms with van der Waals surface area (Å²) in [5.74, 6) is 0. The first-order valence-corrected chi connectivity index (χ1v) is 11.3. The zero-order valence-electron chi connectivity index (χ0n) is 16.1. The second-order valence-corrected chi connectivity index (χ2v) is 9.31. The van der Waals surface area contributed by atoms with Crippen molar-refractivity contribution in [2.24, 2.45) is 0 Å². The smallest absolute Gasteiger partial charge is 0.258 e. The molecule has 0 saturated carbocycles. The molecule has 0 saturated heterocycles. The molecule has 0 spiro atoms. The van der Waals surface area contributed by atoms with Gasteiger partial charge in [-0.05, 0) is 11.1 Å². The summed E-state index contributed by atoms with van der Waals surface area (Å²) >= 11 is 12.5. The number of halogens is 2. The fourth-order valence-corrected chi connectivity index (χ4v) is 6.30. The number of benzene rings is 3. The van der Waals surface area contributed by atoms with Crippen molar-refractivity contribution in [3.63, 3.8) is 0 Å². The normalized spacial score (nSPS) is 17.6. The van der Waals surface area contributed by atoms with E-state index in [9.17, 15) is 23.8 Å². The molecule has 0 aliphatic carbocycles. The van der Waals surface area contributed by atoms with Crippen molar-refractivity contribution in [2.75, 3.05) is 4.31 Å². The highest BCUT2D eigenvalue weighted by Gasteiger charge is 2.49. The van der Waals surface area contributed by atoms with Crippen LogP contribution in [-0.2, 0) is 14.9 Å². The minimum atomic E-state index is -4.38. The Bertz CT molecular complexity index is 1310. The second kappa shape index (κ2) is 8.53. The van der Waals surface area contributed by atoms with E-state index in [0.717, 1.165) is 16.4 Å². The highest BCUT2D eigenvalue weighted by Crippen LogP contribution is 2.50. The lowest BCUT2D eigenvalue weighted by Gasteiger charge is -2.26. The fourth-order valence-electron chi connectivity index (χ4n) is 3.58. The van der Waals surface area contributed by atoms with Crippen molar-refractivity contribution >= 4 is 55.1 Å². The van der Waals surface area contributed by atoms with Gasteiger partial charge in [0, 0.05) is 17.7 Å². The van der Waals surface area contributed by atoms with E-state index in [-0.39, 0.29) is 26.2 Å². The first kappa shape index (κ1) is 22.3. The summed E-state index contributed by atoms with van der Waals surface area (Å²) in [6.45, 7) is 0. The molecule has 0 bridgehead atoms. The number of rotatable bonds is 5. The first-order valence-electron chi connectivity index (χ1n) is 9.10. The number of nitro groups is 1. The predicted molar refractivity (Wildman–Crippen MR) is 122 cm³/mol. The largest absolute Gasteiger partial charge is 0.272 e. The van der Waals surface area contributed by atoms with Gasteiger partial charge in [-0.1, -0.05) is 83.9 Å². The van der Waals surface area contributed by atoms with Gasteiger partial charge in [0.2, 0.25) is 6.23 Å². The molecule has 0 aromatic heterocycles. The van der Waals surface area contributed by atoms with Gasteiger partial charge in [-0.3, -0.25) is 10.1 Å². The van der Waals surface area contributed by atoms with Gasteiger partial charge in [0.15, 0.2) is 0 Å². The van der Waals surface area contributed by atoms with E-state index >= 15 is 0 Å². The van der Waals surface area contributed by atoms with Crippen molar-refractivity contribution in [1.29, 1.82) is 0 Å². The van der Waals surface area contributed by atoms with Crippen LogP contribution in [0.5, 0.6) is 0 Å². The molecule has 4 rings (SSSR count). The number of non-ortho nitro benzene ring substituents is 1. The molecule has 3 aromatic rings. The topological polar surface area (TPSA) is 110 Å². The number of anilines is 1. The van der Waals surface area contributed by atoms with E-state index in [4.69, 9.17) is 23.2 Å². The molecule has 0 fully saturated rings. The maximum atomic E-state index is 13.8. The quantitative estimate of drug-likeness (QED) is 0.288. The average Bonchev–Trinajstić information content (AvgIpc) is 3.01. The summed E-state index contributed by atoms with van der Waals surface area (Å²) in [4.78, 5) is 15.0. The summed E-state index contributed by atoms with van der Waals surface area (Å²) in [5, 5.41) is 20.4. The second-order valence-electron chi connectivity index (χ2n) is 6.75. The average molecular weight is 493 g/mol. The van der Waals surface area contributed by atoms with E-state index in [1.165, 1.54) is 0 Å². The van der Waals surface area contributed by atoms with Gasteiger partial charge < -0.3 is 0 Å². The minimum absolute atomic E-state index is 0.117. The van der Waals surface area contributed by atoms with Crippen LogP contribution >= 0.6 is 23.2 Å². The Kier molecular flexibility index (Phi) is 5.93. The van der Waals surface area contributed by atoms with Crippen LogP contribution in [-0.4, -0.2) is 24.8 Å². The standard InChI is InChI=1S/C21H14Cl2N2O6S/c22-16-11-15(25(26)27)12-17(23)19(16)24-21(31-28)18(13-7-3-1-4-8-13)20(32(24,29)30)14-9-5-2-6-10-14/h1-12,21,28H. The van der Waals surface area contributed by atoms with Crippen molar-refractivity contribution in [3.05, 3.63) is 104 Å². The molecule has 1 unspecified atom stereocenters. The molecular formula is C21H14Cl2N2O6S. The Morgan fingerprint density at radius 2 is 1.44 bits per heavy atom. The van der Waals surface area contributed by atoms with Gasteiger partial charge in [0.1, 0.15) is 4.91 Å². The Labute approximate surface area is 193 Å². The number of nitrogens with zero attached hydrogens (tertiary/aromatic N) is 2. The van der Waals surface area contributed by atoms with E-state index in [1.54, 1.807) is 60.7 Å². The van der Waals surface area contributed by atoms with Gasteiger partial charge in [-0.2, -0.15) is 0 Å². The maximum Gasteiger partial charge on any atom is 0.272 e. The maximum absolute atomic E-state index is 13.8. The van der Waals surface area contributed by atoms with Crippen LogP contribution in [0.4, 0.5) is 11.4 Å². The van der Waals surface area contributed by atoms with E-state index < -0.39 is 26.9 Å². The fraction of sp³-hybridized carbons (Fsp3) is 0.0476. The molecule has 1 atom stereocenters. The Balaban J connectivity index is 2.02. The van der Waals surface area contributed by atoms with Crippen LogP contribution in [0, 0.1) is 10.1 Å². The molecule has 0 radical (unpaired) electrons. The molecular weight excluding hydrogens is 479 g/mol. The van der Waals surface area contributed by atoms with Gasteiger partial charge in [0.25, 0.3) is 15.7 Å². The molecule has 1 N–H and O–H groups in total. The highest BCUT2D eigenvalue weighted by molar-refractivity contribution is 8.02. The molecule has 1 aliphatic rings. The Morgan fingerprint density at radius 1 is 0.938 bits per heavy atom. The summed E-state index contributed by atoms with van der Waals surface area (Å²) < 4.78 is 28.3. The Morgan fingerprint density at radius 3 is 1.91 bits per heavy atom. The monoisotopic (exact) mass is 492 g/mol. The zero-order chi connectivity index (χ0) is 23.0. The molecule has 11 heteroatoms. The van der Waals surface area contributed by atoms with Crippen LogP contribution in [0.3, 0.4) is 0 Å². The third kappa shape index (κ3) is 3.64. The van der Waals surface area contributed by atoms with Crippen molar-refractivity contribution in [2.45, 2.75) is 6.23 Å². The number of hydrogen-bond donors (Lipinski definition) is 1. The van der Waals surface area contributed by atoms with Crippen molar-refractivity contribution in [3.8, 4) is 0 Å². The van der Waals surface area contributed by atoms with Crippen LogP contribution < -0.4 is 4.31 Å². The van der Waals surface area contributed by atoms with Crippen molar-refractivity contribution < 1.29 is 23.5 Å². The number of nitro benzene ring substituents is 1.